The van der Waals surface area contributed by atoms with Crippen molar-refractivity contribution in [2.75, 3.05) is 6.54 Å². The number of hydrogen-bond donors (Lipinski definition) is 1. The summed E-state index contributed by atoms with van der Waals surface area (Å²) in [6.07, 6.45) is 4.84. The van der Waals surface area contributed by atoms with Crippen LogP contribution in [0.15, 0.2) is 24.3 Å². The van der Waals surface area contributed by atoms with Gasteiger partial charge in [-0.05, 0) is 42.9 Å². The number of benzene rings is 1. The number of rotatable bonds is 4. The number of amides is 3. The van der Waals surface area contributed by atoms with Gasteiger partial charge in [0, 0.05) is 5.02 Å². The van der Waals surface area contributed by atoms with E-state index in [0.717, 1.165) is 17.4 Å². The Balaban J connectivity index is 1.44. The SMILES string of the molecule is CC(NC(=O)CN1C(=O)C2C3C=CC(C3)C2C1=O)c1cc(F)c(Cl)cc1Cl. The number of hydrogen-bond acceptors (Lipinski definition) is 3. The molecule has 2 aliphatic carbocycles. The summed E-state index contributed by atoms with van der Waals surface area (Å²) in [4.78, 5) is 38.7. The highest BCUT2D eigenvalue weighted by Gasteiger charge is 2.59. The summed E-state index contributed by atoms with van der Waals surface area (Å²) in [5, 5.41) is 2.78. The van der Waals surface area contributed by atoms with Gasteiger partial charge in [-0.25, -0.2) is 4.39 Å². The molecular formula is C19H17Cl2FN2O3. The van der Waals surface area contributed by atoms with Gasteiger partial charge in [0.25, 0.3) is 0 Å². The molecule has 3 amide bonds. The van der Waals surface area contributed by atoms with Crippen LogP contribution in [0.3, 0.4) is 0 Å². The first-order valence-electron chi connectivity index (χ1n) is 8.75. The molecule has 0 spiro atoms. The van der Waals surface area contributed by atoms with Crippen molar-refractivity contribution in [3.63, 3.8) is 0 Å². The number of allylic oxidation sites excluding steroid dienone is 2. The minimum Gasteiger partial charge on any atom is -0.348 e. The summed E-state index contributed by atoms with van der Waals surface area (Å²) in [5.41, 5.74) is 0.366. The Morgan fingerprint density at radius 1 is 1.19 bits per heavy atom. The van der Waals surface area contributed by atoms with Gasteiger partial charge in [0.2, 0.25) is 17.7 Å². The molecule has 1 saturated carbocycles. The third kappa shape index (κ3) is 2.95. The van der Waals surface area contributed by atoms with Crippen LogP contribution < -0.4 is 5.32 Å². The molecule has 8 heteroatoms. The van der Waals surface area contributed by atoms with Crippen LogP contribution in [0.25, 0.3) is 0 Å². The van der Waals surface area contributed by atoms with Crippen molar-refractivity contribution in [1.82, 2.24) is 10.2 Å². The van der Waals surface area contributed by atoms with Crippen LogP contribution in [0, 0.1) is 29.5 Å². The van der Waals surface area contributed by atoms with Gasteiger partial charge in [-0.15, -0.1) is 0 Å². The molecule has 0 radical (unpaired) electrons. The lowest BCUT2D eigenvalue weighted by molar-refractivity contribution is -0.144. The summed E-state index contributed by atoms with van der Waals surface area (Å²) in [6, 6.07) is 1.82. The molecule has 4 rings (SSSR count). The standard InChI is InChI=1S/C19H17Cl2FN2O3/c1-8(11-5-14(22)13(21)6-12(11)20)23-15(25)7-24-18(26)16-9-2-3-10(4-9)17(16)19(24)27/h2-3,5-6,8-10,16-17H,4,7H2,1H3,(H,23,25). The molecule has 5 atom stereocenters. The number of nitrogens with one attached hydrogen (secondary N) is 1. The fraction of sp³-hybridized carbons (Fsp3) is 0.421. The van der Waals surface area contributed by atoms with Gasteiger partial charge in [-0.1, -0.05) is 35.4 Å². The van der Waals surface area contributed by atoms with Crippen LogP contribution in [0.1, 0.15) is 24.9 Å². The molecule has 142 valence electrons. The van der Waals surface area contributed by atoms with E-state index in [-0.39, 0.29) is 52.1 Å². The fourth-order valence-electron chi connectivity index (χ4n) is 4.50. The van der Waals surface area contributed by atoms with E-state index in [9.17, 15) is 18.8 Å². The minimum absolute atomic E-state index is 0.0966. The van der Waals surface area contributed by atoms with E-state index in [4.69, 9.17) is 23.2 Å². The predicted molar refractivity (Wildman–Crippen MR) is 97.4 cm³/mol. The van der Waals surface area contributed by atoms with Crippen molar-refractivity contribution in [2.24, 2.45) is 23.7 Å². The minimum atomic E-state index is -0.641. The Morgan fingerprint density at radius 3 is 2.37 bits per heavy atom. The second kappa shape index (κ2) is 6.60. The molecule has 1 aromatic rings. The summed E-state index contributed by atoms with van der Waals surface area (Å²) in [7, 11) is 0. The topological polar surface area (TPSA) is 66.5 Å². The van der Waals surface area contributed by atoms with Crippen molar-refractivity contribution < 1.29 is 18.8 Å². The van der Waals surface area contributed by atoms with Crippen LogP contribution in [-0.2, 0) is 14.4 Å². The Bertz CT molecular complexity index is 858. The van der Waals surface area contributed by atoms with Gasteiger partial charge in [0.1, 0.15) is 12.4 Å². The maximum absolute atomic E-state index is 13.7. The van der Waals surface area contributed by atoms with E-state index >= 15 is 0 Å². The highest BCUT2D eigenvalue weighted by molar-refractivity contribution is 6.35. The second-order valence-electron chi connectivity index (χ2n) is 7.34. The Labute approximate surface area is 165 Å². The first kappa shape index (κ1) is 18.4. The van der Waals surface area contributed by atoms with Gasteiger partial charge in [-0.3, -0.25) is 19.3 Å². The molecule has 27 heavy (non-hydrogen) atoms. The van der Waals surface area contributed by atoms with Crippen molar-refractivity contribution in [1.29, 1.82) is 0 Å². The number of fused-ring (bicyclic) bond motifs is 5. The fourth-order valence-corrected chi connectivity index (χ4v) is 5.05. The van der Waals surface area contributed by atoms with Gasteiger partial charge in [-0.2, -0.15) is 0 Å². The molecule has 2 fully saturated rings. The third-order valence-electron chi connectivity index (χ3n) is 5.75. The van der Waals surface area contributed by atoms with Crippen molar-refractivity contribution in [2.45, 2.75) is 19.4 Å². The summed E-state index contributed by atoms with van der Waals surface area (Å²) >= 11 is 11.8. The van der Waals surface area contributed by atoms with Crippen molar-refractivity contribution in [3.8, 4) is 0 Å². The number of carbonyl (C=O) groups excluding carboxylic acids is 3. The molecule has 1 aromatic carbocycles. The van der Waals surface area contributed by atoms with E-state index < -0.39 is 17.8 Å². The normalized spacial score (nSPS) is 29.4. The molecular weight excluding hydrogens is 394 g/mol. The highest BCUT2D eigenvalue weighted by Crippen LogP contribution is 2.52. The zero-order chi connectivity index (χ0) is 19.5. The average molecular weight is 411 g/mol. The average Bonchev–Trinajstić information content (AvgIpc) is 3.28. The van der Waals surface area contributed by atoms with E-state index in [1.54, 1.807) is 6.92 Å². The summed E-state index contributed by atoms with van der Waals surface area (Å²) < 4.78 is 13.7. The number of nitrogens with zero attached hydrogens (tertiary/aromatic N) is 1. The smallest absolute Gasteiger partial charge is 0.240 e. The van der Waals surface area contributed by atoms with Crippen LogP contribution in [0.5, 0.6) is 0 Å². The zero-order valence-electron chi connectivity index (χ0n) is 14.4. The molecule has 0 aromatic heterocycles. The van der Waals surface area contributed by atoms with Gasteiger partial charge in [0.05, 0.1) is 22.9 Å². The monoisotopic (exact) mass is 410 g/mol. The number of carbonyl (C=O) groups is 3. The largest absolute Gasteiger partial charge is 0.348 e. The quantitative estimate of drug-likeness (QED) is 0.471. The Kier molecular flexibility index (Phi) is 4.51. The van der Waals surface area contributed by atoms with Gasteiger partial charge >= 0.3 is 0 Å². The molecule has 5 unspecified atom stereocenters. The second-order valence-corrected chi connectivity index (χ2v) is 8.15. The zero-order valence-corrected chi connectivity index (χ0v) is 15.9. The van der Waals surface area contributed by atoms with Crippen LogP contribution >= 0.6 is 23.2 Å². The van der Waals surface area contributed by atoms with Crippen LogP contribution in [0.4, 0.5) is 4.39 Å². The van der Waals surface area contributed by atoms with Crippen LogP contribution in [-0.4, -0.2) is 29.2 Å². The van der Waals surface area contributed by atoms with E-state index in [1.165, 1.54) is 6.07 Å². The third-order valence-corrected chi connectivity index (χ3v) is 6.36. The molecule has 3 aliphatic rings. The summed E-state index contributed by atoms with van der Waals surface area (Å²) in [5.74, 6) is -2.18. The molecule has 2 bridgehead atoms. The van der Waals surface area contributed by atoms with Gasteiger partial charge < -0.3 is 5.32 Å². The molecule has 1 N–H and O–H groups in total. The lowest BCUT2D eigenvalue weighted by Crippen LogP contribution is -2.42. The van der Waals surface area contributed by atoms with E-state index in [0.29, 0.717) is 5.56 Å². The van der Waals surface area contributed by atoms with Crippen molar-refractivity contribution in [3.05, 3.63) is 45.7 Å². The first-order valence-corrected chi connectivity index (χ1v) is 9.51. The van der Waals surface area contributed by atoms with Gasteiger partial charge in [0.15, 0.2) is 0 Å². The molecule has 1 aliphatic heterocycles. The first-order chi connectivity index (χ1) is 12.8. The maximum Gasteiger partial charge on any atom is 0.240 e. The number of imide groups is 1. The molecule has 1 heterocycles. The van der Waals surface area contributed by atoms with Crippen molar-refractivity contribution >= 4 is 40.9 Å². The number of likely N-dealkylation sites (tertiary alicyclic amines) is 1. The Hall–Kier alpha value is -1.92. The van der Waals surface area contributed by atoms with Crippen LogP contribution in [0.2, 0.25) is 10.0 Å². The summed E-state index contributed by atoms with van der Waals surface area (Å²) in [6.45, 7) is 1.29. The predicted octanol–water partition coefficient (Wildman–Crippen LogP) is 3.12. The van der Waals surface area contributed by atoms with E-state index in [1.807, 2.05) is 12.2 Å². The maximum atomic E-state index is 13.7. The number of halogens is 3. The lowest BCUT2D eigenvalue weighted by Gasteiger charge is -2.20. The lowest BCUT2D eigenvalue weighted by atomic mass is 9.85. The highest BCUT2D eigenvalue weighted by atomic mass is 35.5. The molecule has 5 nitrogen and oxygen atoms in total. The van der Waals surface area contributed by atoms with E-state index in [2.05, 4.69) is 5.32 Å². The molecule has 1 saturated heterocycles. The Morgan fingerprint density at radius 2 is 1.78 bits per heavy atom.